The Morgan fingerprint density at radius 2 is 2.33 bits per heavy atom. The third kappa shape index (κ3) is 0.874. The van der Waals surface area contributed by atoms with E-state index in [4.69, 9.17) is 4.74 Å². The van der Waals surface area contributed by atoms with Crippen molar-refractivity contribution in [2.24, 2.45) is 0 Å². The van der Waals surface area contributed by atoms with Crippen LogP contribution >= 0.6 is 0 Å². The van der Waals surface area contributed by atoms with Gasteiger partial charge in [-0.2, -0.15) is 0 Å². The number of hydrogen-bond acceptors (Lipinski definition) is 2. The van der Waals surface area contributed by atoms with E-state index in [1.54, 1.807) is 13.8 Å². The van der Waals surface area contributed by atoms with Gasteiger partial charge in [-0.05, 0) is 13.8 Å². The van der Waals surface area contributed by atoms with Crippen LogP contribution in [0.4, 0.5) is 4.39 Å². The first-order chi connectivity index (χ1) is 5.52. The van der Waals surface area contributed by atoms with Gasteiger partial charge in [0.2, 0.25) is 0 Å². The largest absolute Gasteiger partial charge is 0.354 e. The summed E-state index contributed by atoms with van der Waals surface area (Å²) in [5, 5.41) is 0. The molecular weight excluding hydrogens is 161 g/mol. The molecule has 0 aromatic heterocycles. The fraction of sp³-hybridized carbons (Fsp3) is 0.875. The summed E-state index contributed by atoms with van der Waals surface area (Å²) in [6, 6.07) is -0.0394. The number of fused-ring (bicyclic) bond motifs is 1. The Labute approximate surface area is 70.5 Å². The summed E-state index contributed by atoms with van der Waals surface area (Å²) in [5.41, 5.74) is -0.609. The number of hydrogen-bond donors (Lipinski definition) is 0. The second kappa shape index (κ2) is 2.19. The van der Waals surface area contributed by atoms with E-state index in [9.17, 15) is 9.18 Å². The first-order valence-corrected chi connectivity index (χ1v) is 4.13. The van der Waals surface area contributed by atoms with Crippen molar-refractivity contribution in [3.05, 3.63) is 0 Å². The Morgan fingerprint density at radius 3 is 2.92 bits per heavy atom. The fourth-order valence-electron chi connectivity index (χ4n) is 1.99. The van der Waals surface area contributed by atoms with Crippen LogP contribution in [0, 0.1) is 0 Å². The molecule has 0 aromatic carbocycles. The van der Waals surface area contributed by atoms with E-state index in [0.29, 0.717) is 13.0 Å². The van der Waals surface area contributed by atoms with Gasteiger partial charge in [-0.15, -0.1) is 0 Å². The van der Waals surface area contributed by atoms with Gasteiger partial charge in [0.05, 0.1) is 12.6 Å². The summed E-state index contributed by atoms with van der Waals surface area (Å²) in [4.78, 5) is 12.8. The SMILES string of the molecule is CC1(C)OCC2C[C@@H](F)C(=O)N21. The Kier molecular flexibility index (Phi) is 1.46. The zero-order valence-corrected chi connectivity index (χ0v) is 7.21. The highest BCUT2D eigenvalue weighted by molar-refractivity contribution is 5.84. The topological polar surface area (TPSA) is 29.5 Å². The van der Waals surface area contributed by atoms with Crippen molar-refractivity contribution in [2.75, 3.05) is 6.61 Å². The van der Waals surface area contributed by atoms with Crippen LogP contribution in [-0.2, 0) is 9.53 Å². The number of carbonyl (C=O) groups is 1. The second-order valence-corrected chi connectivity index (χ2v) is 3.82. The molecule has 3 nitrogen and oxygen atoms in total. The van der Waals surface area contributed by atoms with Gasteiger partial charge >= 0.3 is 0 Å². The van der Waals surface area contributed by atoms with Gasteiger partial charge in [0.15, 0.2) is 6.17 Å². The molecule has 4 heteroatoms. The molecule has 2 fully saturated rings. The molecule has 2 atom stereocenters. The van der Waals surface area contributed by atoms with Crippen molar-refractivity contribution in [1.82, 2.24) is 4.90 Å². The molecule has 0 aliphatic carbocycles. The van der Waals surface area contributed by atoms with Crippen LogP contribution in [0.3, 0.4) is 0 Å². The van der Waals surface area contributed by atoms with Crippen LogP contribution in [0.1, 0.15) is 20.3 Å². The summed E-state index contributed by atoms with van der Waals surface area (Å²) < 4.78 is 18.3. The molecule has 0 aromatic rings. The highest BCUT2D eigenvalue weighted by Gasteiger charge is 2.51. The van der Waals surface area contributed by atoms with Crippen LogP contribution in [0.25, 0.3) is 0 Å². The minimum atomic E-state index is -1.31. The van der Waals surface area contributed by atoms with Crippen molar-refractivity contribution in [1.29, 1.82) is 0 Å². The van der Waals surface area contributed by atoms with Gasteiger partial charge in [0.1, 0.15) is 5.72 Å². The van der Waals surface area contributed by atoms with E-state index in [-0.39, 0.29) is 6.04 Å². The summed E-state index contributed by atoms with van der Waals surface area (Å²) >= 11 is 0. The van der Waals surface area contributed by atoms with Crippen molar-refractivity contribution in [3.8, 4) is 0 Å². The van der Waals surface area contributed by atoms with Gasteiger partial charge in [-0.3, -0.25) is 4.79 Å². The molecule has 0 bridgehead atoms. The zero-order chi connectivity index (χ0) is 8.93. The number of alkyl halides is 1. The van der Waals surface area contributed by atoms with E-state index in [2.05, 4.69) is 0 Å². The minimum absolute atomic E-state index is 0.0394. The summed E-state index contributed by atoms with van der Waals surface area (Å²) in [6.07, 6.45) is -1.01. The summed E-state index contributed by atoms with van der Waals surface area (Å²) in [5.74, 6) is -0.414. The van der Waals surface area contributed by atoms with Crippen LogP contribution in [0.15, 0.2) is 0 Å². The lowest BCUT2D eigenvalue weighted by Gasteiger charge is -2.28. The molecule has 2 heterocycles. The molecule has 0 N–H and O–H groups in total. The molecule has 1 unspecified atom stereocenters. The van der Waals surface area contributed by atoms with Gasteiger partial charge in [0.25, 0.3) is 5.91 Å². The standard InChI is InChI=1S/C8H12FNO2/c1-8(2)10-5(4-12-8)3-6(9)7(10)11/h5-6H,3-4H2,1-2H3/t5?,6-/m1/s1. The quantitative estimate of drug-likeness (QED) is 0.539. The van der Waals surface area contributed by atoms with E-state index in [1.165, 1.54) is 4.90 Å². The number of ether oxygens (including phenoxy) is 1. The maximum absolute atomic E-state index is 12.9. The number of halogens is 1. The molecule has 12 heavy (non-hydrogen) atoms. The van der Waals surface area contributed by atoms with Crippen LogP contribution in [0.2, 0.25) is 0 Å². The van der Waals surface area contributed by atoms with Crippen LogP contribution in [0.5, 0.6) is 0 Å². The maximum atomic E-state index is 12.9. The lowest BCUT2D eigenvalue weighted by atomic mass is 10.2. The average molecular weight is 173 g/mol. The molecule has 0 spiro atoms. The molecule has 68 valence electrons. The molecule has 0 saturated carbocycles. The Morgan fingerprint density at radius 1 is 1.67 bits per heavy atom. The van der Waals surface area contributed by atoms with Gasteiger partial charge in [0, 0.05) is 6.42 Å². The third-order valence-electron chi connectivity index (χ3n) is 2.56. The van der Waals surface area contributed by atoms with Crippen molar-refractivity contribution < 1.29 is 13.9 Å². The molecule has 0 radical (unpaired) electrons. The fourth-order valence-corrected chi connectivity index (χ4v) is 1.99. The van der Waals surface area contributed by atoms with Crippen LogP contribution < -0.4 is 0 Å². The van der Waals surface area contributed by atoms with E-state index >= 15 is 0 Å². The zero-order valence-electron chi connectivity index (χ0n) is 7.21. The minimum Gasteiger partial charge on any atom is -0.354 e. The Bertz CT molecular complexity index is 229. The normalized spacial score (nSPS) is 38.9. The maximum Gasteiger partial charge on any atom is 0.259 e. The first-order valence-electron chi connectivity index (χ1n) is 4.13. The van der Waals surface area contributed by atoms with Crippen molar-refractivity contribution >= 4 is 5.91 Å². The van der Waals surface area contributed by atoms with Crippen LogP contribution in [-0.4, -0.2) is 35.4 Å². The van der Waals surface area contributed by atoms with Gasteiger partial charge in [-0.1, -0.05) is 0 Å². The highest BCUT2D eigenvalue weighted by Crippen LogP contribution is 2.35. The van der Waals surface area contributed by atoms with Gasteiger partial charge in [-0.25, -0.2) is 4.39 Å². The lowest BCUT2D eigenvalue weighted by Crippen LogP contribution is -2.44. The second-order valence-electron chi connectivity index (χ2n) is 3.82. The van der Waals surface area contributed by atoms with Gasteiger partial charge < -0.3 is 9.64 Å². The van der Waals surface area contributed by atoms with Crippen molar-refractivity contribution in [3.63, 3.8) is 0 Å². The van der Waals surface area contributed by atoms with E-state index in [0.717, 1.165) is 0 Å². The molecule has 2 saturated heterocycles. The molecule has 2 aliphatic rings. The smallest absolute Gasteiger partial charge is 0.259 e. The first kappa shape index (κ1) is 7.98. The number of amides is 1. The number of rotatable bonds is 0. The Hall–Kier alpha value is -0.640. The average Bonchev–Trinajstić information content (AvgIpc) is 2.39. The summed E-state index contributed by atoms with van der Waals surface area (Å²) in [6.45, 7) is 4.06. The molecule has 2 rings (SSSR count). The lowest BCUT2D eigenvalue weighted by molar-refractivity contribution is -0.145. The number of nitrogens with zero attached hydrogens (tertiary/aromatic N) is 1. The monoisotopic (exact) mass is 173 g/mol. The Balaban J connectivity index is 2.27. The highest BCUT2D eigenvalue weighted by atomic mass is 19.1. The molecule has 1 amide bonds. The van der Waals surface area contributed by atoms with Crippen molar-refractivity contribution in [2.45, 2.75) is 38.2 Å². The van der Waals surface area contributed by atoms with E-state index in [1.807, 2.05) is 0 Å². The molecular formula is C8H12FNO2. The number of carbonyl (C=O) groups excluding carboxylic acids is 1. The third-order valence-corrected chi connectivity index (χ3v) is 2.56. The van der Waals surface area contributed by atoms with E-state index < -0.39 is 17.8 Å². The predicted octanol–water partition coefficient (Wildman–Crippen LogP) is 0.692. The summed E-state index contributed by atoms with van der Waals surface area (Å²) in [7, 11) is 0. The predicted molar refractivity (Wildman–Crippen MR) is 40.2 cm³/mol. The molecule has 2 aliphatic heterocycles.